The fraction of sp³-hybridized carbons (Fsp3) is 0.923. The minimum Gasteiger partial charge on any atom is -0.481 e. The first kappa shape index (κ1) is 12.5. The maximum absolute atomic E-state index is 11.2. The molecule has 17 heavy (non-hydrogen) atoms. The van der Waals surface area contributed by atoms with E-state index in [0.717, 1.165) is 25.7 Å². The van der Waals surface area contributed by atoms with Crippen molar-refractivity contribution in [3.05, 3.63) is 0 Å². The van der Waals surface area contributed by atoms with Crippen molar-refractivity contribution >= 4 is 37.8 Å². The van der Waals surface area contributed by atoms with Gasteiger partial charge in [0, 0.05) is 8.65 Å². The van der Waals surface area contributed by atoms with Crippen LogP contribution in [-0.4, -0.2) is 19.7 Å². The van der Waals surface area contributed by atoms with Crippen molar-refractivity contribution in [2.24, 2.45) is 10.8 Å². The molecule has 2 nitrogen and oxygen atoms in total. The Labute approximate surface area is 119 Å². The van der Waals surface area contributed by atoms with Gasteiger partial charge in [-0.15, -0.1) is 0 Å². The Kier molecular flexibility index (Phi) is 2.42. The molecule has 96 valence electrons. The van der Waals surface area contributed by atoms with Crippen LogP contribution in [0.1, 0.15) is 51.9 Å². The number of hydrogen-bond donors (Lipinski definition) is 1. The lowest BCUT2D eigenvalue weighted by atomic mass is 9.44. The van der Waals surface area contributed by atoms with Gasteiger partial charge in [0.2, 0.25) is 0 Å². The summed E-state index contributed by atoms with van der Waals surface area (Å²) in [5.74, 6) is -0.636. The van der Waals surface area contributed by atoms with E-state index in [9.17, 15) is 9.90 Å². The lowest BCUT2D eigenvalue weighted by Crippen LogP contribution is -2.62. The molecule has 4 fully saturated rings. The number of carboxylic acid groups (broad SMARTS) is 1. The zero-order valence-corrected chi connectivity index (χ0v) is 13.2. The summed E-state index contributed by atoms with van der Waals surface area (Å²) < 4.78 is 0.352. The monoisotopic (exact) mass is 364 g/mol. The lowest BCUT2D eigenvalue weighted by Gasteiger charge is -2.67. The number of hydrogen-bond acceptors (Lipinski definition) is 1. The third-order valence-corrected chi connectivity index (χ3v) is 6.51. The highest BCUT2D eigenvalue weighted by molar-refractivity contribution is 9.10. The van der Waals surface area contributed by atoms with Gasteiger partial charge >= 0.3 is 5.97 Å². The summed E-state index contributed by atoms with van der Waals surface area (Å²) in [6, 6.07) is 0. The van der Waals surface area contributed by atoms with E-state index in [1.807, 2.05) is 0 Å². The minimum absolute atomic E-state index is 0.0162. The van der Waals surface area contributed by atoms with Crippen molar-refractivity contribution < 1.29 is 9.90 Å². The summed E-state index contributed by atoms with van der Waals surface area (Å²) >= 11 is 7.86. The van der Waals surface area contributed by atoms with Gasteiger partial charge in [0.15, 0.2) is 0 Å². The Balaban J connectivity index is 2.01. The van der Waals surface area contributed by atoms with E-state index in [4.69, 9.17) is 0 Å². The average molecular weight is 366 g/mol. The van der Waals surface area contributed by atoms with E-state index in [0.29, 0.717) is 11.8 Å². The van der Waals surface area contributed by atoms with E-state index in [2.05, 4.69) is 38.8 Å². The fourth-order valence-electron chi connectivity index (χ4n) is 5.61. The molecule has 0 aromatic rings. The van der Waals surface area contributed by atoms with Gasteiger partial charge in [-0.2, -0.15) is 0 Å². The lowest BCUT2D eigenvalue weighted by molar-refractivity contribution is -0.146. The first-order valence-corrected chi connectivity index (χ1v) is 7.84. The Morgan fingerprint density at radius 2 is 1.59 bits per heavy atom. The molecule has 4 bridgehead atoms. The molecule has 0 radical (unpaired) electrons. The smallest absolute Gasteiger partial charge is 0.303 e. The fourth-order valence-corrected chi connectivity index (χ4v) is 9.60. The second kappa shape index (κ2) is 3.30. The van der Waals surface area contributed by atoms with Crippen LogP contribution in [0.25, 0.3) is 0 Å². The molecule has 0 heterocycles. The molecule has 2 atom stereocenters. The number of halogens is 2. The van der Waals surface area contributed by atoms with Gasteiger partial charge in [-0.25, -0.2) is 0 Å². The van der Waals surface area contributed by atoms with Gasteiger partial charge in [0.25, 0.3) is 0 Å². The zero-order chi connectivity index (χ0) is 12.5. The van der Waals surface area contributed by atoms with Crippen LogP contribution in [-0.2, 0) is 4.79 Å². The molecule has 4 aliphatic carbocycles. The predicted octanol–water partition coefficient (Wildman–Crippen LogP) is 4.10. The molecule has 0 spiro atoms. The number of carboxylic acids is 1. The van der Waals surface area contributed by atoms with Gasteiger partial charge in [0.05, 0.1) is 6.42 Å². The Morgan fingerprint density at radius 1 is 1.06 bits per heavy atom. The molecule has 1 N–H and O–H groups in total. The van der Waals surface area contributed by atoms with Gasteiger partial charge < -0.3 is 5.11 Å². The summed E-state index contributed by atoms with van der Waals surface area (Å²) in [4.78, 5) is 11.2. The SMILES string of the molecule is CC12CC3(CC(=O)O)C[C@@](Br)(C1)C[C@](Br)(C2)C3. The summed E-state index contributed by atoms with van der Waals surface area (Å²) in [6.07, 6.45) is 7.06. The summed E-state index contributed by atoms with van der Waals surface area (Å²) in [6.45, 7) is 2.34. The van der Waals surface area contributed by atoms with Gasteiger partial charge in [-0.1, -0.05) is 38.8 Å². The molecular formula is C13H18Br2O2. The number of alkyl halides is 2. The van der Waals surface area contributed by atoms with Crippen LogP contribution in [0.5, 0.6) is 0 Å². The van der Waals surface area contributed by atoms with Gasteiger partial charge in [-0.05, 0) is 49.4 Å². The van der Waals surface area contributed by atoms with Crippen LogP contribution in [0.4, 0.5) is 0 Å². The van der Waals surface area contributed by atoms with Crippen LogP contribution < -0.4 is 0 Å². The summed E-state index contributed by atoms with van der Waals surface area (Å²) in [5.41, 5.74) is 0.333. The normalized spacial score (nSPS) is 56.2. The molecule has 0 saturated heterocycles. The maximum atomic E-state index is 11.2. The van der Waals surface area contributed by atoms with Crippen LogP contribution in [0, 0.1) is 10.8 Å². The van der Waals surface area contributed by atoms with Crippen LogP contribution in [0.15, 0.2) is 0 Å². The van der Waals surface area contributed by atoms with Gasteiger partial charge in [0.1, 0.15) is 0 Å². The Bertz CT molecular complexity index is 339. The standard InChI is InChI=1S/C13H18Br2O2/c1-10-3-11(2-9(16)17)6-12(14,4-10)8-13(15,5-10)7-11/h2-8H2,1H3,(H,16,17)/t10?,11?,12-,13-/m0/s1. The van der Waals surface area contributed by atoms with Crippen molar-refractivity contribution in [3.8, 4) is 0 Å². The molecular weight excluding hydrogens is 348 g/mol. The molecule has 0 aromatic heterocycles. The maximum Gasteiger partial charge on any atom is 0.303 e. The molecule has 4 heteroatoms. The molecule has 4 aliphatic rings. The number of carbonyl (C=O) groups is 1. The van der Waals surface area contributed by atoms with Gasteiger partial charge in [-0.3, -0.25) is 4.79 Å². The molecule has 4 saturated carbocycles. The second-order valence-electron chi connectivity index (χ2n) is 7.24. The first-order valence-electron chi connectivity index (χ1n) is 6.26. The quantitative estimate of drug-likeness (QED) is 0.748. The highest BCUT2D eigenvalue weighted by Gasteiger charge is 2.65. The number of rotatable bonds is 2. The average Bonchev–Trinajstić information content (AvgIpc) is 1.87. The van der Waals surface area contributed by atoms with E-state index in [-0.39, 0.29) is 14.1 Å². The minimum atomic E-state index is -0.636. The Hall–Kier alpha value is 0.430. The van der Waals surface area contributed by atoms with Crippen molar-refractivity contribution in [2.45, 2.75) is 60.5 Å². The molecule has 0 amide bonds. The van der Waals surface area contributed by atoms with E-state index < -0.39 is 5.97 Å². The van der Waals surface area contributed by atoms with Crippen LogP contribution >= 0.6 is 31.9 Å². The first-order chi connectivity index (χ1) is 7.66. The largest absolute Gasteiger partial charge is 0.481 e. The second-order valence-corrected chi connectivity index (χ2v) is 10.6. The van der Waals surface area contributed by atoms with Crippen molar-refractivity contribution in [1.82, 2.24) is 0 Å². The van der Waals surface area contributed by atoms with E-state index in [1.165, 1.54) is 12.8 Å². The summed E-state index contributed by atoms with van der Waals surface area (Å²) in [7, 11) is 0. The van der Waals surface area contributed by atoms with Crippen LogP contribution in [0.2, 0.25) is 0 Å². The highest BCUT2D eigenvalue weighted by Crippen LogP contribution is 2.72. The number of aliphatic carboxylic acids is 1. The summed E-state index contributed by atoms with van der Waals surface area (Å²) in [5, 5.41) is 9.19. The van der Waals surface area contributed by atoms with E-state index in [1.54, 1.807) is 0 Å². The molecule has 4 rings (SSSR count). The topological polar surface area (TPSA) is 37.3 Å². The Morgan fingerprint density at radius 3 is 2.00 bits per heavy atom. The van der Waals surface area contributed by atoms with E-state index >= 15 is 0 Å². The predicted molar refractivity (Wildman–Crippen MR) is 73.8 cm³/mol. The molecule has 0 aliphatic heterocycles. The highest BCUT2D eigenvalue weighted by atomic mass is 79.9. The third kappa shape index (κ3) is 1.99. The third-order valence-electron chi connectivity index (χ3n) is 4.83. The van der Waals surface area contributed by atoms with Crippen molar-refractivity contribution in [2.75, 3.05) is 0 Å². The van der Waals surface area contributed by atoms with Crippen LogP contribution in [0.3, 0.4) is 0 Å². The molecule has 0 unspecified atom stereocenters. The zero-order valence-electron chi connectivity index (χ0n) is 10.1. The van der Waals surface area contributed by atoms with Crippen molar-refractivity contribution in [1.29, 1.82) is 0 Å². The van der Waals surface area contributed by atoms with Crippen molar-refractivity contribution in [3.63, 3.8) is 0 Å². The molecule has 0 aromatic carbocycles.